The van der Waals surface area contributed by atoms with E-state index >= 15 is 0 Å². The van der Waals surface area contributed by atoms with Crippen molar-refractivity contribution in [3.63, 3.8) is 0 Å². The molecule has 26 heavy (non-hydrogen) atoms. The molecule has 4 nitrogen and oxygen atoms in total. The number of amides is 1. The van der Waals surface area contributed by atoms with Crippen LogP contribution in [-0.4, -0.2) is 23.0 Å². The molecule has 0 unspecified atom stereocenters. The monoisotopic (exact) mass is 352 g/mol. The molecular formula is C22H28N2O2. The first-order chi connectivity index (χ1) is 12.6. The molecule has 0 bridgehead atoms. The molecule has 3 rings (SSSR count). The summed E-state index contributed by atoms with van der Waals surface area (Å²) in [4.78, 5) is 16.5. The summed E-state index contributed by atoms with van der Waals surface area (Å²) in [6.07, 6.45) is 6.19. The van der Waals surface area contributed by atoms with Crippen molar-refractivity contribution in [2.75, 3.05) is 0 Å². The van der Waals surface area contributed by atoms with E-state index in [9.17, 15) is 4.79 Å². The minimum atomic E-state index is 0.108. The van der Waals surface area contributed by atoms with Crippen LogP contribution in [0.5, 0.6) is 5.88 Å². The second kappa shape index (κ2) is 8.84. The van der Waals surface area contributed by atoms with Gasteiger partial charge in [0.05, 0.1) is 6.42 Å². The van der Waals surface area contributed by atoms with Crippen molar-refractivity contribution in [3.05, 3.63) is 59.8 Å². The van der Waals surface area contributed by atoms with E-state index in [1.54, 1.807) is 6.20 Å². The van der Waals surface area contributed by atoms with Crippen LogP contribution < -0.4 is 10.1 Å². The summed E-state index contributed by atoms with van der Waals surface area (Å²) in [6, 6.07) is 14.3. The van der Waals surface area contributed by atoms with E-state index in [1.165, 1.54) is 5.56 Å². The van der Waals surface area contributed by atoms with Crippen LogP contribution in [-0.2, 0) is 11.2 Å². The number of ether oxygens (including phenoxy) is 1. The summed E-state index contributed by atoms with van der Waals surface area (Å²) in [7, 11) is 0. The highest BCUT2D eigenvalue weighted by molar-refractivity contribution is 5.78. The van der Waals surface area contributed by atoms with Crippen LogP contribution >= 0.6 is 0 Å². The van der Waals surface area contributed by atoms with Gasteiger partial charge in [0, 0.05) is 18.3 Å². The summed E-state index contributed by atoms with van der Waals surface area (Å²) < 4.78 is 5.91. The fourth-order valence-corrected chi connectivity index (χ4v) is 3.40. The normalized spacial score (nSPS) is 20.0. The van der Waals surface area contributed by atoms with E-state index in [1.807, 2.05) is 18.2 Å². The molecule has 2 aromatic rings. The molecule has 138 valence electrons. The molecule has 1 heterocycles. The number of pyridine rings is 1. The van der Waals surface area contributed by atoms with Crippen LogP contribution in [0.2, 0.25) is 0 Å². The number of nitrogens with one attached hydrogen (secondary N) is 1. The lowest BCUT2D eigenvalue weighted by molar-refractivity contribution is -0.121. The van der Waals surface area contributed by atoms with Gasteiger partial charge in [-0.05, 0) is 48.8 Å². The van der Waals surface area contributed by atoms with E-state index in [0.29, 0.717) is 18.2 Å². The number of hydrogen-bond acceptors (Lipinski definition) is 3. The van der Waals surface area contributed by atoms with Crippen molar-refractivity contribution >= 4 is 5.91 Å². The Morgan fingerprint density at radius 2 is 1.85 bits per heavy atom. The van der Waals surface area contributed by atoms with Crippen molar-refractivity contribution in [2.24, 2.45) is 0 Å². The smallest absolute Gasteiger partial charge is 0.224 e. The maximum atomic E-state index is 12.3. The molecule has 1 aromatic carbocycles. The van der Waals surface area contributed by atoms with E-state index in [-0.39, 0.29) is 18.1 Å². The number of carbonyl (C=O) groups is 1. The molecule has 0 saturated heterocycles. The van der Waals surface area contributed by atoms with Crippen LogP contribution in [0.3, 0.4) is 0 Å². The van der Waals surface area contributed by atoms with Crippen LogP contribution in [0.4, 0.5) is 0 Å². The molecule has 1 aliphatic rings. The zero-order valence-electron chi connectivity index (χ0n) is 15.7. The third kappa shape index (κ3) is 5.32. The van der Waals surface area contributed by atoms with Gasteiger partial charge >= 0.3 is 0 Å². The first-order valence-electron chi connectivity index (χ1n) is 9.56. The molecule has 1 aromatic heterocycles. The van der Waals surface area contributed by atoms with Crippen molar-refractivity contribution < 1.29 is 9.53 Å². The Morgan fingerprint density at radius 1 is 1.12 bits per heavy atom. The predicted molar refractivity (Wildman–Crippen MR) is 103 cm³/mol. The Hall–Kier alpha value is -2.36. The first kappa shape index (κ1) is 18.4. The molecule has 0 radical (unpaired) electrons. The molecule has 1 saturated carbocycles. The number of nitrogens with zero attached hydrogens (tertiary/aromatic N) is 1. The molecule has 4 heteroatoms. The second-order valence-electron chi connectivity index (χ2n) is 7.40. The van der Waals surface area contributed by atoms with Crippen molar-refractivity contribution in [3.8, 4) is 5.88 Å². The third-order valence-electron chi connectivity index (χ3n) is 4.98. The van der Waals surface area contributed by atoms with E-state index in [0.717, 1.165) is 31.2 Å². The predicted octanol–water partition coefficient (Wildman–Crippen LogP) is 4.25. The van der Waals surface area contributed by atoms with Crippen LogP contribution in [0.25, 0.3) is 0 Å². The molecule has 1 aliphatic carbocycles. The third-order valence-corrected chi connectivity index (χ3v) is 4.98. The molecule has 0 atom stereocenters. The Morgan fingerprint density at radius 3 is 2.46 bits per heavy atom. The summed E-state index contributed by atoms with van der Waals surface area (Å²) in [5, 5.41) is 3.18. The highest BCUT2D eigenvalue weighted by atomic mass is 16.5. The summed E-state index contributed by atoms with van der Waals surface area (Å²) in [5.41, 5.74) is 2.37. The van der Waals surface area contributed by atoms with Gasteiger partial charge in [0.15, 0.2) is 0 Å². The van der Waals surface area contributed by atoms with Crippen molar-refractivity contribution in [2.45, 2.75) is 64.0 Å². The standard InChI is InChI=1S/C22H28N2O2/c1-16(2)18-8-6-17(7-9-18)15-21(25)24-19-10-12-20(13-11-19)26-22-5-3-4-14-23-22/h3-9,14,16,19-20H,10-13,15H2,1-2H3,(H,24,25). The zero-order valence-corrected chi connectivity index (χ0v) is 15.7. The quantitative estimate of drug-likeness (QED) is 0.845. The van der Waals surface area contributed by atoms with Crippen LogP contribution in [0.15, 0.2) is 48.7 Å². The van der Waals surface area contributed by atoms with Gasteiger partial charge in [0.1, 0.15) is 6.10 Å². The molecule has 1 fully saturated rings. The zero-order chi connectivity index (χ0) is 18.4. The van der Waals surface area contributed by atoms with Crippen LogP contribution in [0, 0.1) is 0 Å². The Kier molecular flexibility index (Phi) is 6.26. The molecule has 1 N–H and O–H groups in total. The van der Waals surface area contributed by atoms with Crippen molar-refractivity contribution in [1.82, 2.24) is 10.3 Å². The maximum Gasteiger partial charge on any atom is 0.224 e. The fourth-order valence-electron chi connectivity index (χ4n) is 3.40. The van der Waals surface area contributed by atoms with Crippen LogP contribution in [0.1, 0.15) is 56.6 Å². The maximum absolute atomic E-state index is 12.3. The SMILES string of the molecule is CC(C)c1ccc(CC(=O)NC2CCC(Oc3ccccn3)CC2)cc1. The summed E-state index contributed by atoms with van der Waals surface area (Å²) in [6.45, 7) is 4.35. The van der Waals surface area contributed by atoms with Gasteiger partial charge in [0.2, 0.25) is 11.8 Å². The van der Waals surface area contributed by atoms with Gasteiger partial charge in [-0.25, -0.2) is 4.98 Å². The average Bonchev–Trinajstić information content (AvgIpc) is 2.64. The average molecular weight is 352 g/mol. The van der Waals surface area contributed by atoms with E-state index in [2.05, 4.69) is 48.4 Å². The molecule has 0 spiro atoms. The number of aromatic nitrogens is 1. The van der Waals surface area contributed by atoms with E-state index in [4.69, 9.17) is 4.74 Å². The lowest BCUT2D eigenvalue weighted by Gasteiger charge is -2.29. The molecular weight excluding hydrogens is 324 g/mol. The van der Waals surface area contributed by atoms with E-state index < -0.39 is 0 Å². The largest absolute Gasteiger partial charge is 0.474 e. The topological polar surface area (TPSA) is 51.2 Å². The highest BCUT2D eigenvalue weighted by Crippen LogP contribution is 2.23. The molecule has 1 amide bonds. The number of benzene rings is 1. The van der Waals surface area contributed by atoms with Gasteiger partial charge in [-0.3, -0.25) is 4.79 Å². The molecule has 0 aliphatic heterocycles. The minimum Gasteiger partial charge on any atom is -0.474 e. The Bertz CT molecular complexity index is 690. The fraction of sp³-hybridized carbons (Fsp3) is 0.455. The van der Waals surface area contributed by atoms with Gasteiger partial charge in [-0.2, -0.15) is 0 Å². The van der Waals surface area contributed by atoms with Crippen molar-refractivity contribution in [1.29, 1.82) is 0 Å². The number of hydrogen-bond donors (Lipinski definition) is 1. The lowest BCUT2D eigenvalue weighted by Crippen LogP contribution is -2.40. The summed E-state index contributed by atoms with van der Waals surface area (Å²) in [5.74, 6) is 1.31. The Labute approximate surface area is 156 Å². The highest BCUT2D eigenvalue weighted by Gasteiger charge is 2.23. The van der Waals surface area contributed by atoms with Gasteiger partial charge in [-0.1, -0.05) is 44.2 Å². The van der Waals surface area contributed by atoms with Gasteiger partial charge in [-0.15, -0.1) is 0 Å². The van der Waals surface area contributed by atoms with Gasteiger partial charge < -0.3 is 10.1 Å². The summed E-state index contributed by atoms with van der Waals surface area (Å²) >= 11 is 0. The second-order valence-corrected chi connectivity index (χ2v) is 7.40. The first-order valence-corrected chi connectivity index (χ1v) is 9.56. The minimum absolute atomic E-state index is 0.108. The Balaban J connectivity index is 1.41. The lowest BCUT2D eigenvalue weighted by atomic mass is 9.92. The number of rotatable bonds is 6. The van der Waals surface area contributed by atoms with Gasteiger partial charge in [0.25, 0.3) is 0 Å². The number of carbonyl (C=O) groups excluding carboxylic acids is 1.